The Hall–Kier alpha value is -0.300. The highest BCUT2D eigenvalue weighted by Gasteiger charge is 2.55. The largest absolute Gasteiger partial charge is 0.390 e. The first-order valence-corrected chi connectivity index (χ1v) is 10.4. The van der Waals surface area contributed by atoms with Crippen molar-refractivity contribution >= 4 is 0 Å². The van der Waals surface area contributed by atoms with Gasteiger partial charge in [0, 0.05) is 0 Å². The maximum Gasteiger partial charge on any atom is 0.0622 e. The Morgan fingerprint density at radius 1 is 1.00 bits per heavy atom. The topological polar surface area (TPSA) is 20.2 Å². The van der Waals surface area contributed by atoms with Crippen molar-refractivity contribution in [3.63, 3.8) is 0 Å². The smallest absolute Gasteiger partial charge is 0.0622 e. The van der Waals surface area contributed by atoms with Crippen molar-refractivity contribution in [2.24, 2.45) is 35.0 Å². The van der Waals surface area contributed by atoms with E-state index in [4.69, 9.17) is 0 Å². The van der Waals surface area contributed by atoms with Gasteiger partial charge in [0.2, 0.25) is 0 Å². The molecule has 0 unspecified atom stereocenters. The van der Waals surface area contributed by atoms with Crippen LogP contribution in [0.2, 0.25) is 0 Å². The van der Waals surface area contributed by atoms with Crippen LogP contribution in [0.4, 0.5) is 0 Å². The van der Waals surface area contributed by atoms with E-state index >= 15 is 0 Å². The molecule has 0 aromatic carbocycles. The highest BCUT2D eigenvalue weighted by atomic mass is 16.3. The van der Waals surface area contributed by atoms with Crippen LogP contribution in [0.1, 0.15) is 85.0 Å². The van der Waals surface area contributed by atoms with E-state index in [-0.39, 0.29) is 5.60 Å². The van der Waals surface area contributed by atoms with Gasteiger partial charge >= 0.3 is 0 Å². The number of allylic oxidation sites excluding steroid dienone is 2. The second-order valence-corrected chi connectivity index (χ2v) is 9.81. The van der Waals surface area contributed by atoms with Gasteiger partial charge in [-0.25, -0.2) is 0 Å². The Balaban J connectivity index is 1.56. The van der Waals surface area contributed by atoms with Crippen LogP contribution in [-0.4, -0.2) is 10.7 Å². The van der Waals surface area contributed by atoms with Gasteiger partial charge in [0.05, 0.1) is 5.60 Å². The quantitative estimate of drug-likeness (QED) is 0.613. The zero-order valence-electron chi connectivity index (χ0n) is 15.5. The molecule has 1 N–H and O–H groups in total. The van der Waals surface area contributed by atoms with Crippen molar-refractivity contribution < 1.29 is 5.11 Å². The lowest BCUT2D eigenvalue weighted by Crippen LogP contribution is -2.49. The molecule has 4 aliphatic rings. The van der Waals surface area contributed by atoms with Gasteiger partial charge < -0.3 is 5.11 Å². The molecule has 1 nitrogen and oxygen atoms in total. The third-order valence-electron chi connectivity index (χ3n) is 8.54. The summed E-state index contributed by atoms with van der Waals surface area (Å²) in [7, 11) is 0. The summed E-state index contributed by atoms with van der Waals surface area (Å²) in [5.74, 6) is 4.67. The molecular weight excluding hydrogens is 280 g/mol. The minimum atomic E-state index is -0.373. The highest BCUT2D eigenvalue weighted by molar-refractivity contribution is 5.23. The highest BCUT2D eigenvalue weighted by Crippen LogP contribution is 2.64. The lowest BCUT2D eigenvalue weighted by Gasteiger charge is -2.56. The fourth-order valence-corrected chi connectivity index (χ4v) is 7.51. The summed E-state index contributed by atoms with van der Waals surface area (Å²) in [6.45, 7) is 6.97. The monoisotopic (exact) mass is 316 g/mol. The molecule has 7 atom stereocenters. The van der Waals surface area contributed by atoms with Crippen molar-refractivity contribution in [3.05, 3.63) is 11.6 Å². The predicted molar refractivity (Wildman–Crippen MR) is 96.1 cm³/mol. The Bertz CT molecular complexity index is 490. The van der Waals surface area contributed by atoms with Gasteiger partial charge in [-0.15, -0.1) is 0 Å². The summed E-state index contributed by atoms with van der Waals surface area (Å²) >= 11 is 0. The van der Waals surface area contributed by atoms with E-state index in [1.807, 2.05) is 0 Å². The van der Waals surface area contributed by atoms with Crippen molar-refractivity contribution in [2.45, 2.75) is 90.6 Å². The summed E-state index contributed by atoms with van der Waals surface area (Å²) in [6.07, 6.45) is 15.7. The van der Waals surface area contributed by atoms with E-state index in [0.717, 1.165) is 42.4 Å². The minimum absolute atomic E-state index is 0.373. The number of aliphatic hydroxyl groups is 1. The van der Waals surface area contributed by atoms with Crippen LogP contribution in [0.5, 0.6) is 0 Å². The van der Waals surface area contributed by atoms with Crippen LogP contribution < -0.4 is 0 Å². The fraction of sp³-hybridized carbons (Fsp3) is 0.909. The van der Waals surface area contributed by atoms with Crippen LogP contribution >= 0.6 is 0 Å². The first-order chi connectivity index (χ1) is 10.9. The number of hydrogen-bond donors (Lipinski definition) is 1. The first kappa shape index (κ1) is 16.2. The molecule has 1 heteroatoms. The minimum Gasteiger partial charge on any atom is -0.390 e. The Morgan fingerprint density at radius 3 is 2.57 bits per heavy atom. The molecule has 0 saturated heterocycles. The molecule has 0 aliphatic heterocycles. The number of fused-ring (bicyclic) bond motifs is 5. The third-order valence-corrected chi connectivity index (χ3v) is 8.54. The fourth-order valence-electron chi connectivity index (χ4n) is 7.51. The molecular formula is C22H36O. The molecule has 0 heterocycles. The van der Waals surface area contributed by atoms with E-state index in [1.165, 1.54) is 51.4 Å². The van der Waals surface area contributed by atoms with Crippen LogP contribution in [0.15, 0.2) is 11.6 Å². The van der Waals surface area contributed by atoms with Gasteiger partial charge in [-0.05, 0) is 106 Å². The Kier molecular flexibility index (Phi) is 3.95. The molecule has 0 aromatic rings. The van der Waals surface area contributed by atoms with Crippen LogP contribution in [-0.2, 0) is 0 Å². The molecule has 4 aliphatic carbocycles. The Morgan fingerprint density at radius 2 is 1.78 bits per heavy atom. The lowest BCUT2D eigenvalue weighted by molar-refractivity contribution is -0.0899. The molecule has 4 fully saturated rings. The zero-order valence-corrected chi connectivity index (χ0v) is 15.5. The van der Waals surface area contributed by atoms with Gasteiger partial charge in [-0.2, -0.15) is 0 Å². The Labute approximate surface area is 142 Å². The van der Waals surface area contributed by atoms with E-state index in [9.17, 15) is 5.11 Å². The van der Waals surface area contributed by atoms with E-state index in [2.05, 4.69) is 26.8 Å². The van der Waals surface area contributed by atoms with E-state index < -0.39 is 0 Å². The molecule has 4 rings (SSSR count). The second kappa shape index (κ2) is 5.61. The van der Waals surface area contributed by atoms with Gasteiger partial charge in [0.15, 0.2) is 0 Å². The summed E-state index contributed by atoms with van der Waals surface area (Å²) < 4.78 is 0. The molecule has 0 aromatic heterocycles. The summed E-state index contributed by atoms with van der Waals surface area (Å²) in [6, 6.07) is 0. The molecule has 0 radical (unpaired) electrons. The summed E-state index contributed by atoms with van der Waals surface area (Å²) in [5, 5.41) is 10.5. The molecule has 0 bridgehead atoms. The van der Waals surface area contributed by atoms with Crippen molar-refractivity contribution in [2.75, 3.05) is 0 Å². The van der Waals surface area contributed by atoms with Gasteiger partial charge in [0.1, 0.15) is 0 Å². The molecule has 4 saturated carbocycles. The lowest BCUT2D eigenvalue weighted by atomic mass is 9.49. The van der Waals surface area contributed by atoms with Crippen molar-refractivity contribution in [3.8, 4) is 0 Å². The van der Waals surface area contributed by atoms with E-state index in [0.29, 0.717) is 5.41 Å². The molecule has 130 valence electrons. The van der Waals surface area contributed by atoms with Crippen LogP contribution in [0.3, 0.4) is 0 Å². The van der Waals surface area contributed by atoms with Gasteiger partial charge in [-0.3, -0.25) is 0 Å². The standard InChI is InChI=1S/C22H36O/c1-4-5-16-7-9-20-19-8-6-15-14-21(2,23)12-10-17(15)18(19)11-13-22(16,20)3/h5,15,17-20,23H,4,6-14H2,1-3H3/b16-5+/t15-,17+,18-,19-,20+,21-,22-/m1/s1. The second-order valence-electron chi connectivity index (χ2n) is 9.81. The molecule has 23 heavy (non-hydrogen) atoms. The predicted octanol–water partition coefficient (Wildman–Crippen LogP) is 5.73. The van der Waals surface area contributed by atoms with E-state index in [1.54, 1.807) is 5.57 Å². The third kappa shape index (κ3) is 2.53. The van der Waals surface area contributed by atoms with Crippen molar-refractivity contribution in [1.29, 1.82) is 0 Å². The van der Waals surface area contributed by atoms with Crippen molar-refractivity contribution in [1.82, 2.24) is 0 Å². The number of rotatable bonds is 1. The summed E-state index contributed by atoms with van der Waals surface area (Å²) in [5.41, 5.74) is 1.96. The van der Waals surface area contributed by atoms with Gasteiger partial charge in [-0.1, -0.05) is 25.5 Å². The maximum absolute atomic E-state index is 10.5. The number of hydrogen-bond acceptors (Lipinski definition) is 1. The van der Waals surface area contributed by atoms with Crippen LogP contribution in [0.25, 0.3) is 0 Å². The molecule has 0 spiro atoms. The average Bonchev–Trinajstić information content (AvgIpc) is 2.83. The van der Waals surface area contributed by atoms with Crippen LogP contribution in [0, 0.1) is 35.0 Å². The molecule has 0 amide bonds. The summed E-state index contributed by atoms with van der Waals surface area (Å²) in [4.78, 5) is 0. The SMILES string of the molecule is CC/C=C1\CC[C@H]2[C@@H]3CC[C@@H]4C[C@](C)(O)CC[C@@H]4[C@H]3CC[C@]12C. The first-order valence-electron chi connectivity index (χ1n) is 10.4. The zero-order chi connectivity index (χ0) is 16.2. The average molecular weight is 317 g/mol. The normalized spacial score (nSPS) is 54.4. The van der Waals surface area contributed by atoms with Gasteiger partial charge in [0.25, 0.3) is 0 Å². The maximum atomic E-state index is 10.5.